The van der Waals surface area contributed by atoms with Gasteiger partial charge in [-0.2, -0.15) is 8.42 Å². The summed E-state index contributed by atoms with van der Waals surface area (Å²) >= 11 is 1.22. The Kier molecular flexibility index (Phi) is 9.07. The molecule has 0 aliphatic rings. The van der Waals surface area contributed by atoms with Crippen molar-refractivity contribution < 1.29 is 27.2 Å². The van der Waals surface area contributed by atoms with Crippen LogP contribution >= 0.6 is 11.3 Å². The van der Waals surface area contributed by atoms with E-state index in [4.69, 9.17) is 14.3 Å². The Morgan fingerprint density at radius 3 is 2.61 bits per heavy atom. The smallest absolute Gasteiger partial charge is 0.408 e. The molecule has 4 aromatic rings. The highest BCUT2D eigenvalue weighted by molar-refractivity contribution is 7.87. The van der Waals surface area contributed by atoms with Gasteiger partial charge in [-0.05, 0) is 37.0 Å². The van der Waals surface area contributed by atoms with Crippen molar-refractivity contribution in [3.8, 4) is 11.5 Å². The number of fused-ring (bicyclic) bond motifs is 1. The number of thiazole rings is 1. The fourth-order valence-electron chi connectivity index (χ4n) is 3.61. The van der Waals surface area contributed by atoms with Crippen molar-refractivity contribution in [3.05, 3.63) is 71.6 Å². The van der Waals surface area contributed by atoms with Crippen LogP contribution in [0.2, 0.25) is 0 Å². The van der Waals surface area contributed by atoms with Crippen molar-refractivity contribution in [2.45, 2.75) is 31.9 Å². The summed E-state index contributed by atoms with van der Waals surface area (Å²) in [5.74, 6) is 0.0936. The van der Waals surface area contributed by atoms with E-state index >= 15 is 0 Å². The van der Waals surface area contributed by atoms with Gasteiger partial charge >= 0.3 is 6.09 Å². The molecule has 2 amide bonds. The number of furan rings is 1. The van der Waals surface area contributed by atoms with E-state index in [2.05, 4.69) is 20.3 Å². The summed E-state index contributed by atoms with van der Waals surface area (Å²) in [6, 6.07) is 17.7. The van der Waals surface area contributed by atoms with Gasteiger partial charge in [0.2, 0.25) is 5.91 Å². The minimum absolute atomic E-state index is 0.0482. The van der Waals surface area contributed by atoms with Gasteiger partial charge in [-0.1, -0.05) is 48.5 Å². The number of para-hydroxylation sites is 1. The number of anilines is 1. The van der Waals surface area contributed by atoms with Crippen LogP contribution in [0.4, 0.5) is 9.93 Å². The molecule has 0 saturated carbocycles. The zero-order valence-corrected chi connectivity index (χ0v) is 21.9. The Balaban J connectivity index is 1.37. The first-order valence-corrected chi connectivity index (χ1v) is 14.2. The van der Waals surface area contributed by atoms with Crippen molar-refractivity contribution >= 4 is 49.6 Å². The molecule has 13 heteroatoms. The molecular formula is C25H27N5O6S2. The van der Waals surface area contributed by atoms with Crippen molar-refractivity contribution in [1.29, 1.82) is 0 Å². The maximum atomic E-state index is 13.1. The van der Waals surface area contributed by atoms with Gasteiger partial charge in [-0.15, -0.1) is 11.3 Å². The number of aromatic nitrogens is 1. The van der Waals surface area contributed by atoms with Gasteiger partial charge in [-0.3, -0.25) is 4.79 Å². The number of nitrogens with two attached hydrogens (primary N) is 1. The van der Waals surface area contributed by atoms with Gasteiger partial charge in [0.05, 0.1) is 0 Å². The quantitative estimate of drug-likeness (QED) is 0.193. The summed E-state index contributed by atoms with van der Waals surface area (Å²) in [5, 5.41) is 13.3. The highest BCUT2D eigenvalue weighted by Gasteiger charge is 2.23. The number of benzene rings is 2. The maximum Gasteiger partial charge on any atom is 0.408 e. The Labute approximate surface area is 223 Å². The fourth-order valence-corrected chi connectivity index (χ4v) is 4.74. The van der Waals surface area contributed by atoms with Crippen LogP contribution in [0.1, 0.15) is 24.8 Å². The lowest BCUT2D eigenvalue weighted by Crippen LogP contribution is -2.44. The number of hydrogen-bond acceptors (Lipinski definition) is 8. The summed E-state index contributed by atoms with van der Waals surface area (Å²) in [7, 11) is -3.80. The molecule has 0 radical (unpaired) electrons. The molecule has 0 unspecified atom stereocenters. The molecule has 4 rings (SSSR count). The number of nitrogens with zero attached hydrogens (tertiary/aromatic N) is 1. The van der Waals surface area contributed by atoms with Crippen molar-refractivity contribution in [2.24, 2.45) is 5.14 Å². The van der Waals surface area contributed by atoms with E-state index in [1.54, 1.807) is 5.38 Å². The van der Waals surface area contributed by atoms with Crippen LogP contribution in [0.3, 0.4) is 0 Å². The minimum Gasteiger partial charge on any atom is -0.454 e. The maximum absolute atomic E-state index is 13.1. The van der Waals surface area contributed by atoms with Crippen LogP contribution in [0.15, 0.2) is 70.5 Å². The number of unbranched alkanes of at least 4 members (excludes halogenated alkanes) is 1. The average molecular weight is 558 g/mol. The topological polar surface area (TPSA) is 166 Å². The van der Waals surface area contributed by atoms with Crippen molar-refractivity contribution in [1.82, 2.24) is 15.0 Å². The molecule has 2 heterocycles. The van der Waals surface area contributed by atoms with E-state index in [0.29, 0.717) is 29.4 Å². The van der Waals surface area contributed by atoms with Gasteiger partial charge in [0.15, 0.2) is 10.9 Å². The van der Waals surface area contributed by atoms with Gasteiger partial charge in [-0.25, -0.2) is 19.6 Å². The first kappa shape index (κ1) is 27.3. The second-order valence-electron chi connectivity index (χ2n) is 8.37. The van der Waals surface area contributed by atoms with Crippen molar-refractivity contribution in [2.75, 3.05) is 11.9 Å². The van der Waals surface area contributed by atoms with Crippen LogP contribution in [0.5, 0.6) is 0 Å². The summed E-state index contributed by atoms with van der Waals surface area (Å²) in [4.78, 5) is 29.9. The minimum atomic E-state index is -3.80. The Morgan fingerprint density at radius 2 is 1.84 bits per heavy atom. The highest BCUT2D eigenvalue weighted by atomic mass is 32.2. The normalized spacial score (nSPS) is 12.2. The molecule has 11 nitrogen and oxygen atoms in total. The van der Waals surface area contributed by atoms with Gasteiger partial charge in [0.1, 0.15) is 23.9 Å². The summed E-state index contributed by atoms with van der Waals surface area (Å²) < 4.78 is 35.4. The Hall–Kier alpha value is -3.78. The number of amides is 2. The number of nitrogens with one attached hydrogen (secondary N) is 3. The third-order valence-corrected chi connectivity index (χ3v) is 6.82. The second kappa shape index (κ2) is 12.6. The summed E-state index contributed by atoms with van der Waals surface area (Å²) in [6.45, 7) is 0.158. The molecule has 5 N–H and O–H groups in total. The molecule has 200 valence electrons. The van der Waals surface area contributed by atoms with E-state index < -0.39 is 28.3 Å². The highest BCUT2D eigenvalue weighted by Crippen LogP contribution is 2.30. The van der Waals surface area contributed by atoms with E-state index in [1.165, 1.54) is 11.3 Å². The van der Waals surface area contributed by atoms with Gasteiger partial charge in [0, 0.05) is 17.3 Å². The standard InChI is InChI=1S/C25H27N5O6S2/c26-38(33,34)27-13-7-6-11-19(29-25(32)35-15-17-8-2-1-3-9-17)23(31)30-24-28-20(16-37-24)22-14-18-10-4-5-12-21(18)36-22/h1-5,8-10,12,14,16,19,27H,6-7,11,13,15H2,(H,29,32)(H2,26,33,34)(H,28,30,31)/t19-/m0/s1. The summed E-state index contributed by atoms with van der Waals surface area (Å²) in [6.07, 6.45) is 0.329. The predicted octanol–water partition coefficient (Wildman–Crippen LogP) is 3.75. The van der Waals surface area contributed by atoms with Crippen LogP contribution in [0, 0.1) is 0 Å². The van der Waals surface area contributed by atoms with E-state index in [-0.39, 0.29) is 19.6 Å². The predicted molar refractivity (Wildman–Crippen MR) is 144 cm³/mol. The molecule has 0 fully saturated rings. The second-order valence-corrected chi connectivity index (χ2v) is 10.6. The first-order chi connectivity index (χ1) is 18.3. The van der Waals surface area contributed by atoms with E-state index in [1.807, 2.05) is 60.7 Å². The molecule has 0 aliphatic carbocycles. The number of carbonyl (C=O) groups excluding carboxylic acids is 2. The molecule has 2 aromatic heterocycles. The molecule has 0 aliphatic heterocycles. The van der Waals surface area contributed by atoms with Crippen LogP contribution in [-0.2, 0) is 26.3 Å². The molecule has 0 saturated heterocycles. The molecular weight excluding hydrogens is 530 g/mol. The monoisotopic (exact) mass is 557 g/mol. The first-order valence-electron chi connectivity index (χ1n) is 11.8. The lowest BCUT2D eigenvalue weighted by molar-refractivity contribution is -0.118. The number of hydrogen-bond donors (Lipinski definition) is 4. The molecule has 2 aromatic carbocycles. The van der Waals surface area contributed by atoms with Crippen LogP contribution in [-0.4, -0.2) is 38.0 Å². The zero-order valence-electron chi connectivity index (χ0n) is 20.3. The number of ether oxygens (including phenoxy) is 1. The number of alkyl carbamates (subject to hydrolysis) is 1. The van der Waals surface area contributed by atoms with Crippen LogP contribution < -0.4 is 20.5 Å². The Morgan fingerprint density at radius 1 is 1.08 bits per heavy atom. The average Bonchev–Trinajstić information content (AvgIpc) is 3.53. The molecule has 38 heavy (non-hydrogen) atoms. The van der Waals surface area contributed by atoms with E-state index in [0.717, 1.165) is 16.5 Å². The zero-order chi connectivity index (χ0) is 27.0. The summed E-state index contributed by atoms with van der Waals surface area (Å²) in [5.41, 5.74) is 2.11. The number of rotatable bonds is 12. The lowest BCUT2D eigenvalue weighted by Gasteiger charge is -2.17. The SMILES string of the molecule is NS(=O)(=O)NCCCC[C@H](NC(=O)OCc1ccccc1)C(=O)Nc1nc(-c2cc3ccccc3o2)cs1. The van der Waals surface area contributed by atoms with Crippen molar-refractivity contribution in [3.63, 3.8) is 0 Å². The molecule has 1 atom stereocenters. The van der Waals surface area contributed by atoms with E-state index in [9.17, 15) is 18.0 Å². The number of carbonyl (C=O) groups is 2. The largest absolute Gasteiger partial charge is 0.454 e. The Bertz CT molecular complexity index is 1450. The van der Waals surface area contributed by atoms with Gasteiger partial charge < -0.3 is 19.8 Å². The van der Waals surface area contributed by atoms with Gasteiger partial charge in [0.25, 0.3) is 10.2 Å². The third-order valence-electron chi connectivity index (χ3n) is 5.46. The third kappa shape index (κ3) is 8.11. The molecule has 0 bridgehead atoms. The fraction of sp³-hybridized carbons (Fsp3) is 0.240. The lowest BCUT2D eigenvalue weighted by atomic mass is 10.1. The molecule has 0 spiro atoms. The van der Waals surface area contributed by atoms with Crippen LogP contribution in [0.25, 0.3) is 22.4 Å².